The Hall–Kier alpha value is -3.65. The van der Waals surface area contributed by atoms with Gasteiger partial charge in [-0.05, 0) is 67.6 Å². The zero-order valence-electron chi connectivity index (χ0n) is 21.9. The summed E-state index contributed by atoms with van der Waals surface area (Å²) in [4.78, 5) is 33.9. The SMILES string of the molecule is COc1cc(-c2ccc3c(c2)CCN(C(=O)OC(C)(C)C)C3)c2cc(C(=O)N3CCOCC3)ccc2n1. The van der Waals surface area contributed by atoms with E-state index in [9.17, 15) is 9.59 Å². The van der Waals surface area contributed by atoms with Crippen LogP contribution in [0.5, 0.6) is 5.88 Å². The smallest absolute Gasteiger partial charge is 0.410 e. The second kappa shape index (κ2) is 10.0. The number of hydrogen-bond donors (Lipinski definition) is 0. The van der Waals surface area contributed by atoms with Crippen molar-refractivity contribution in [3.05, 3.63) is 59.2 Å². The topological polar surface area (TPSA) is 81.2 Å². The molecule has 0 spiro atoms. The minimum Gasteiger partial charge on any atom is -0.481 e. The number of carbonyl (C=O) groups is 2. The van der Waals surface area contributed by atoms with E-state index in [4.69, 9.17) is 14.2 Å². The molecule has 0 unspecified atom stereocenters. The maximum atomic E-state index is 13.2. The van der Waals surface area contributed by atoms with Crippen molar-refractivity contribution in [1.82, 2.24) is 14.8 Å². The Morgan fingerprint density at radius 2 is 1.73 bits per heavy atom. The maximum Gasteiger partial charge on any atom is 0.410 e. The van der Waals surface area contributed by atoms with E-state index < -0.39 is 5.60 Å². The number of amides is 2. The fraction of sp³-hybridized carbons (Fsp3) is 0.414. The van der Waals surface area contributed by atoms with Crippen LogP contribution in [-0.4, -0.2) is 72.3 Å². The van der Waals surface area contributed by atoms with Crippen LogP contribution >= 0.6 is 0 Å². The number of morpholine rings is 1. The van der Waals surface area contributed by atoms with Crippen LogP contribution < -0.4 is 4.74 Å². The van der Waals surface area contributed by atoms with E-state index in [1.165, 1.54) is 5.56 Å². The first-order valence-electron chi connectivity index (χ1n) is 12.7. The van der Waals surface area contributed by atoms with Crippen LogP contribution in [0.25, 0.3) is 22.0 Å². The van der Waals surface area contributed by atoms with Crippen LogP contribution in [0.15, 0.2) is 42.5 Å². The molecule has 1 aromatic heterocycles. The molecule has 0 saturated carbocycles. The van der Waals surface area contributed by atoms with Crippen molar-refractivity contribution in [2.24, 2.45) is 0 Å². The molecule has 37 heavy (non-hydrogen) atoms. The summed E-state index contributed by atoms with van der Waals surface area (Å²) < 4.78 is 16.5. The van der Waals surface area contributed by atoms with Gasteiger partial charge in [-0.1, -0.05) is 18.2 Å². The van der Waals surface area contributed by atoms with E-state index in [1.807, 2.05) is 49.9 Å². The summed E-state index contributed by atoms with van der Waals surface area (Å²) in [7, 11) is 1.60. The number of benzene rings is 2. The monoisotopic (exact) mass is 503 g/mol. The minimum absolute atomic E-state index is 0.000330. The number of methoxy groups -OCH3 is 1. The lowest BCUT2D eigenvalue weighted by Crippen LogP contribution is -2.40. The van der Waals surface area contributed by atoms with Crippen molar-refractivity contribution in [1.29, 1.82) is 0 Å². The van der Waals surface area contributed by atoms with Gasteiger partial charge in [0, 0.05) is 43.2 Å². The van der Waals surface area contributed by atoms with Crippen molar-refractivity contribution >= 4 is 22.9 Å². The highest BCUT2D eigenvalue weighted by Gasteiger charge is 2.26. The van der Waals surface area contributed by atoms with Gasteiger partial charge in [-0.15, -0.1) is 0 Å². The molecule has 2 aliphatic rings. The lowest BCUT2D eigenvalue weighted by Gasteiger charge is -2.31. The zero-order chi connectivity index (χ0) is 26.2. The molecule has 1 saturated heterocycles. The highest BCUT2D eigenvalue weighted by molar-refractivity contribution is 6.02. The van der Waals surface area contributed by atoms with Gasteiger partial charge in [-0.3, -0.25) is 4.79 Å². The fourth-order valence-corrected chi connectivity index (χ4v) is 4.83. The Morgan fingerprint density at radius 3 is 2.46 bits per heavy atom. The lowest BCUT2D eigenvalue weighted by molar-refractivity contribution is 0.0223. The molecule has 194 valence electrons. The summed E-state index contributed by atoms with van der Waals surface area (Å²) in [5.74, 6) is 0.517. The molecule has 2 aliphatic heterocycles. The summed E-state index contributed by atoms with van der Waals surface area (Å²) in [5, 5.41) is 0.894. The quantitative estimate of drug-likeness (QED) is 0.517. The first-order valence-corrected chi connectivity index (χ1v) is 12.7. The Labute approximate surface area is 217 Å². The Balaban J connectivity index is 1.48. The number of rotatable bonds is 3. The number of nitrogens with zero attached hydrogens (tertiary/aromatic N) is 3. The van der Waals surface area contributed by atoms with Gasteiger partial charge >= 0.3 is 6.09 Å². The predicted molar refractivity (Wildman–Crippen MR) is 141 cm³/mol. The molecule has 8 heteroatoms. The fourth-order valence-electron chi connectivity index (χ4n) is 4.83. The molecular weight excluding hydrogens is 470 g/mol. The van der Waals surface area contributed by atoms with E-state index in [0.717, 1.165) is 34.0 Å². The van der Waals surface area contributed by atoms with Gasteiger partial charge in [0.1, 0.15) is 5.60 Å². The summed E-state index contributed by atoms with van der Waals surface area (Å²) in [6, 6.07) is 13.9. The third-order valence-electron chi connectivity index (χ3n) is 6.72. The number of fused-ring (bicyclic) bond motifs is 2. The van der Waals surface area contributed by atoms with Crippen LogP contribution in [-0.2, 0) is 22.4 Å². The minimum atomic E-state index is -0.523. The van der Waals surface area contributed by atoms with E-state index in [-0.39, 0.29) is 12.0 Å². The summed E-state index contributed by atoms with van der Waals surface area (Å²) in [5.41, 5.74) is 5.15. The van der Waals surface area contributed by atoms with E-state index in [2.05, 4.69) is 23.2 Å². The second-order valence-corrected chi connectivity index (χ2v) is 10.5. The number of pyridine rings is 1. The number of hydrogen-bond acceptors (Lipinski definition) is 6. The van der Waals surface area contributed by atoms with Gasteiger partial charge in [-0.25, -0.2) is 9.78 Å². The molecule has 8 nitrogen and oxygen atoms in total. The molecule has 3 aromatic rings. The molecule has 0 atom stereocenters. The average molecular weight is 504 g/mol. The van der Waals surface area contributed by atoms with Crippen LogP contribution in [0.3, 0.4) is 0 Å². The average Bonchev–Trinajstić information content (AvgIpc) is 2.90. The normalized spacial score (nSPS) is 15.9. The van der Waals surface area contributed by atoms with Crippen molar-refractivity contribution in [3.63, 3.8) is 0 Å². The first kappa shape index (κ1) is 25.0. The highest BCUT2D eigenvalue weighted by Crippen LogP contribution is 2.34. The predicted octanol–water partition coefficient (Wildman–Crippen LogP) is 4.68. The van der Waals surface area contributed by atoms with Gasteiger partial charge in [0.15, 0.2) is 0 Å². The van der Waals surface area contributed by atoms with Crippen molar-refractivity contribution in [2.75, 3.05) is 40.0 Å². The standard InChI is InChI=1S/C29H33N3O5/c1-29(2,3)37-28(34)32-10-9-19-15-20(5-6-22(19)18-32)23-17-26(35-4)30-25-8-7-21(16-24(23)25)27(33)31-11-13-36-14-12-31/h5-8,15-17H,9-14,18H2,1-4H3. The van der Waals surface area contributed by atoms with Crippen LogP contribution in [0.1, 0.15) is 42.3 Å². The van der Waals surface area contributed by atoms with E-state index in [1.54, 1.807) is 12.0 Å². The van der Waals surface area contributed by atoms with Gasteiger partial charge < -0.3 is 24.0 Å². The lowest BCUT2D eigenvalue weighted by atomic mass is 9.93. The van der Waals surface area contributed by atoms with Gasteiger partial charge in [0.2, 0.25) is 5.88 Å². The third kappa shape index (κ3) is 5.39. The van der Waals surface area contributed by atoms with Crippen LogP contribution in [0, 0.1) is 0 Å². The summed E-state index contributed by atoms with van der Waals surface area (Å²) in [6.07, 6.45) is 0.452. The molecule has 0 N–H and O–H groups in total. The number of aromatic nitrogens is 1. The largest absolute Gasteiger partial charge is 0.481 e. The molecule has 1 fully saturated rings. The van der Waals surface area contributed by atoms with Gasteiger partial charge in [0.05, 0.1) is 25.8 Å². The Morgan fingerprint density at radius 1 is 0.946 bits per heavy atom. The van der Waals surface area contributed by atoms with Crippen molar-refractivity contribution in [3.8, 4) is 17.0 Å². The molecule has 5 rings (SSSR count). The zero-order valence-corrected chi connectivity index (χ0v) is 21.9. The second-order valence-electron chi connectivity index (χ2n) is 10.5. The van der Waals surface area contributed by atoms with E-state index >= 15 is 0 Å². The van der Waals surface area contributed by atoms with Crippen molar-refractivity contribution in [2.45, 2.75) is 39.3 Å². The highest BCUT2D eigenvalue weighted by atomic mass is 16.6. The summed E-state index contributed by atoms with van der Waals surface area (Å²) in [6.45, 7) is 9.05. The van der Waals surface area contributed by atoms with Gasteiger partial charge in [0.25, 0.3) is 5.91 Å². The van der Waals surface area contributed by atoms with Crippen LogP contribution in [0.4, 0.5) is 4.79 Å². The molecular formula is C29H33N3O5. The van der Waals surface area contributed by atoms with E-state index in [0.29, 0.717) is 50.8 Å². The van der Waals surface area contributed by atoms with Crippen molar-refractivity contribution < 1.29 is 23.8 Å². The molecule has 0 bridgehead atoms. The molecule has 2 aromatic carbocycles. The Bertz CT molecular complexity index is 1340. The molecule has 2 amide bonds. The first-order chi connectivity index (χ1) is 17.7. The third-order valence-corrected chi connectivity index (χ3v) is 6.72. The molecule has 3 heterocycles. The number of carbonyl (C=O) groups excluding carboxylic acids is 2. The molecule has 0 aliphatic carbocycles. The number of ether oxygens (including phenoxy) is 3. The Kier molecular flexibility index (Phi) is 6.77. The van der Waals surface area contributed by atoms with Gasteiger partial charge in [-0.2, -0.15) is 0 Å². The maximum absolute atomic E-state index is 13.2. The summed E-state index contributed by atoms with van der Waals surface area (Å²) >= 11 is 0. The van der Waals surface area contributed by atoms with Crippen LogP contribution in [0.2, 0.25) is 0 Å². The molecule has 0 radical (unpaired) electrons.